The maximum atomic E-state index is 13.2. The second-order valence-electron chi connectivity index (χ2n) is 5.94. The summed E-state index contributed by atoms with van der Waals surface area (Å²) in [5, 5.41) is 14.3. The van der Waals surface area contributed by atoms with E-state index in [0.717, 1.165) is 28.0 Å². The van der Waals surface area contributed by atoms with Gasteiger partial charge in [0.1, 0.15) is 17.0 Å². The first-order chi connectivity index (χ1) is 13.2. The molecule has 0 aliphatic heterocycles. The molecule has 0 saturated carbocycles. The van der Waals surface area contributed by atoms with Crippen molar-refractivity contribution in [3.63, 3.8) is 0 Å². The molecule has 6 heteroatoms. The van der Waals surface area contributed by atoms with Gasteiger partial charge in [-0.3, -0.25) is 5.32 Å². The largest absolute Gasteiger partial charge is 0.355 e. The van der Waals surface area contributed by atoms with E-state index >= 15 is 0 Å². The van der Waals surface area contributed by atoms with Crippen LogP contribution in [0.2, 0.25) is 0 Å². The van der Waals surface area contributed by atoms with Crippen LogP contribution in [0.25, 0.3) is 27.9 Å². The van der Waals surface area contributed by atoms with Crippen molar-refractivity contribution in [1.29, 1.82) is 5.41 Å². The fraction of sp³-hybridized carbons (Fsp3) is 0. The molecule has 3 N–H and O–H groups in total. The maximum absolute atomic E-state index is 13.2. The molecule has 2 aromatic heterocycles. The van der Waals surface area contributed by atoms with E-state index in [1.807, 2.05) is 41.7 Å². The molecule has 2 aromatic carbocycles. The summed E-state index contributed by atoms with van der Waals surface area (Å²) in [5.41, 5.74) is 3.22. The van der Waals surface area contributed by atoms with Crippen LogP contribution in [-0.2, 0) is 0 Å². The van der Waals surface area contributed by atoms with Gasteiger partial charge in [-0.05, 0) is 48.5 Å². The lowest BCUT2D eigenvalue weighted by Crippen LogP contribution is -2.75. The number of rotatable bonds is 5. The summed E-state index contributed by atoms with van der Waals surface area (Å²) in [6, 6.07) is 17.5. The number of benzene rings is 2. The summed E-state index contributed by atoms with van der Waals surface area (Å²) in [6.45, 7) is 0. The number of fused-ring (bicyclic) bond motifs is 1. The Morgan fingerprint density at radius 3 is 2.67 bits per heavy atom. The van der Waals surface area contributed by atoms with Gasteiger partial charge >= 0.3 is 0 Å². The minimum Gasteiger partial charge on any atom is -0.355 e. The second-order valence-corrected chi connectivity index (χ2v) is 5.94. The third-order valence-electron chi connectivity index (χ3n) is 4.17. The summed E-state index contributed by atoms with van der Waals surface area (Å²) in [4.78, 5) is 4.31. The maximum Gasteiger partial charge on any atom is 0.229 e. The third-order valence-corrected chi connectivity index (χ3v) is 4.17. The molecule has 0 fully saturated rings. The molecule has 2 heterocycles. The van der Waals surface area contributed by atoms with Crippen LogP contribution in [0.15, 0.2) is 77.5 Å². The van der Waals surface area contributed by atoms with Crippen LogP contribution in [0.5, 0.6) is 0 Å². The van der Waals surface area contributed by atoms with Gasteiger partial charge in [0.25, 0.3) is 0 Å². The molecule has 0 unspecified atom stereocenters. The highest BCUT2D eigenvalue weighted by Gasteiger charge is 2.15. The number of allylic oxidation sites excluding steroid dienone is 1. The molecule has 27 heavy (non-hydrogen) atoms. The smallest absolute Gasteiger partial charge is 0.229 e. The third kappa shape index (κ3) is 3.51. The molecule has 4 aromatic rings. The second kappa shape index (κ2) is 7.31. The Morgan fingerprint density at radius 2 is 1.93 bits per heavy atom. The highest BCUT2D eigenvalue weighted by Crippen LogP contribution is 2.30. The molecule has 132 valence electrons. The van der Waals surface area contributed by atoms with Crippen LogP contribution in [0.3, 0.4) is 0 Å². The Hall–Kier alpha value is -3.64. The zero-order valence-electron chi connectivity index (χ0n) is 14.3. The van der Waals surface area contributed by atoms with E-state index in [4.69, 9.17) is 9.93 Å². The first-order valence-electron chi connectivity index (χ1n) is 8.37. The van der Waals surface area contributed by atoms with Gasteiger partial charge in [0.05, 0.1) is 5.39 Å². The summed E-state index contributed by atoms with van der Waals surface area (Å²) >= 11 is 0. The van der Waals surface area contributed by atoms with Crippen molar-refractivity contribution in [2.24, 2.45) is 0 Å². The number of pyridine rings is 1. The lowest BCUT2D eigenvalue weighted by Gasteiger charge is -2.05. The van der Waals surface area contributed by atoms with Crippen LogP contribution in [0, 0.1) is 11.2 Å². The van der Waals surface area contributed by atoms with E-state index in [9.17, 15) is 4.39 Å². The van der Waals surface area contributed by atoms with Crippen molar-refractivity contribution in [1.82, 2.24) is 10.1 Å². The number of nitrogens with two attached hydrogens (primary N) is 1. The predicted molar refractivity (Wildman–Crippen MR) is 102 cm³/mol. The molecule has 0 saturated heterocycles. The molecule has 0 spiro atoms. The lowest BCUT2D eigenvalue weighted by atomic mass is 10.0. The fourth-order valence-electron chi connectivity index (χ4n) is 2.87. The molecule has 0 aliphatic carbocycles. The first kappa shape index (κ1) is 16.8. The first-order valence-corrected chi connectivity index (χ1v) is 8.37. The molecular formula is C21H16FN4O+. The van der Waals surface area contributed by atoms with Crippen molar-refractivity contribution < 1.29 is 14.2 Å². The number of quaternary nitrogens is 1. The van der Waals surface area contributed by atoms with Gasteiger partial charge in [0.2, 0.25) is 5.82 Å². The molecule has 0 aliphatic rings. The van der Waals surface area contributed by atoms with E-state index in [1.54, 1.807) is 24.4 Å². The molecule has 0 amide bonds. The van der Waals surface area contributed by atoms with Crippen molar-refractivity contribution in [2.45, 2.75) is 0 Å². The van der Waals surface area contributed by atoms with Crippen molar-refractivity contribution in [2.75, 3.05) is 0 Å². The minimum absolute atomic E-state index is 0.301. The Kier molecular flexibility index (Phi) is 4.55. The Bertz CT molecular complexity index is 1120. The van der Waals surface area contributed by atoms with E-state index in [-0.39, 0.29) is 5.82 Å². The highest BCUT2D eigenvalue weighted by molar-refractivity contribution is 5.94. The van der Waals surface area contributed by atoms with Gasteiger partial charge in [-0.1, -0.05) is 11.2 Å². The van der Waals surface area contributed by atoms with Crippen LogP contribution in [0.4, 0.5) is 10.2 Å². The van der Waals surface area contributed by atoms with Gasteiger partial charge in [-0.25, -0.2) is 9.37 Å². The standard InChI is InChI=1S/C21H15FN4O/c22-16-7-4-14(5-8-16)21-17-13-15(6-9-19(17)26-27-21)18(10-11-23)25-20-3-1-2-12-24-20/h1-13,23H,(H,24,25)/p+1. The number of hydrogen-bond donors (Lipinski definition) is 2. The molecular weight excluding hydrogens is 343 g/mol. The molecule has 5 nitrogen and oxygen atoms in total. The lowest BCUT2D eigenvalue weighted by molar-refractivity contribution is -0.473. The predicted octanol–water partition coefficient (Wildman–Crippen LogP) is 3.91. The highest BCUT2D eigenvalue weighted by atomic mass is 19.1. The fourth-order valence-corrected chi connectivity index (χ4v) is 2.87. The summed E-state index contributed by atoms with van der Waals surface area (Å²) < 4.78 is 18.7. The molecule has 0 bridgehead atoms. The van der Waals surface area contributed by atoms with Crippen LogP contribution in [-0.4, -0.2) is 16.4 Å². The van der Waals surface area contributed by atoms with E-state index in [2.05, 4.69) is 10.1 Å². The number of hydrogen-bond acceptors (Lipinski definition) is 4. The Balaban J connectivity index is 1.77. The van der Waals surface area contributed by atoms with Crippen LogP contribution >= 0.6 is 0 Å². The Morgan fingerprint density at radius 1 is 1.07 bits per heavy atom. The monoisotopic (exact) mass is 359 g/mol. The number of aromatic nitrogens is 2. The average molecular weight is 359 g/mol. The van der Waals surface area contributed by atoms with E-state index in [1.165, 1.54) is 18.3 Å². The van der Waals surface area contributed by atoms with Crippen LogP contribution < -0.4 is 5.32 Å². The van der Waals surface area contributed by atoms with Crippen molar-refractivity contribution in [3.05, 3.63) is 84.3 Å². The van der Waals surface area contributed by atoms with Gasteiger partial charge < -0.3 is 9.93 Å². The van der Waals surface area contributed by atoms with Gasteiger partial charge in [0, 0.05) is 35.7 Å². The summed E-state index contributed by atoms with van der Waals surface area (Å²) in [5.74, 6) is 1.08. The van der Waals surface area contributed by atoms with E-state index < -0.39 is 0 Å². The number of nitrogens with one attached hydrogen (secondary N) is 1. The molecule has 0 atom stereocenters. The zero-order valence-corrected chi connectivity index (χ0v) is 14.3. The average Bonchev–Trinajstić information content (AvgIpc) is 3.12. The molecule has 0 radical (unpaired) electrons. The molecule has 4 rings (SSSR count). The van der Waals surface area contributed by atoms with Crippen LogP contribution in [0.1, 0.15) is 5.56 Å². The SMILES string of the molecule is N=CC=C([NH2+]c1ccccn1)c1ccc2noc(-c3ccc(F)cc3)c2c1. The Labute approximate surface area is 154 Å². The zero-order chi connectivity index (χ0) is 18.6. The summed E-state index contributed by atoms with van der Waals surface area (Å²) in [7, 11) is 0. The van der Waals surface area contributed by atoms with Crippen molar-refractivity contribution in [3.8, 4) is 11.3 Å². The van der Waals surface area contributed by atoms with Gasteiger partial charge in [-0.2, -0.15) is 0 Å². The normalized spacial score (nSPS) is 11.7. The quantitative estimate of drug-likeness (QED) is 0.530. The number of halogens is 1. The van der Waals surface area contributed by atoms with Gasteiger partial charge in [-0.15, -0.1) is 0 Å². The minimum atomic E-state index is -0.301. The van der Waals surface area contributed by atoms with Gasteiger partial charge in [0.15, 0.2) is 5.76 Å². The van der Waals surface area contributed by atoms with E-state index in [0.29, 0.717) is 11.3 Å². The number of nitrogens with zero attached hydrogens (tertiary/aromatic N) is 2. The summed E-state index contributed by atoms with van der Waals surface area (Å²) in [6.07, 6.45) is 4.68. The topological polar surface area (TPSA) is 79.4 Å². The van der Waals surface area contributed by atoms with Crippen molar-refractivity contribution >= 4 is 28.6 Å².